The molecule has 1 atom stereocenters. The van der Waals surface area contributed by atoms with Crippen LogP contribution in [-0.2, 0) is 12.0 Å². The number of ketones is 1. The van der Waals surface area contributed by atoms with E-state index in [1.54, 1.807) is 4.90 Å². The Morgan fingerprint density at radius 1 is 1.28 bits per heavy atom. The van der Waals surface area contributed by atoms with Crippen LogP contribution in [0.15, 0.2) is 34.9 Å². The Labute approximate surface area is 146 Å². The normalized spacial score (nSPS) is 23.0. The average molecular weight is 339 g/mol. The molecule has 1 aliphatic carbocycles. The van der Waals surface area contributed by atoms with Crippen molar-refractivity contribution in [1.29, 1.82) is 0 Å². The molecule has 0 radical (unpaired) electrons. The first-order valence-electron chi connectivity index (χ1n) is 8.71. The molecule has 0 spiro atoms. The smallest absolute Gasteiger partial charge is 0.257 e. The number of likely N-dealkylation sites (tertiary alicyclic amines) is 1. The standard InChI is InChI=1S/C20H21NO4/c1-13-5-2-3-6-15(13)20(24)9-10-21(12-20)19(23)14-11-25-17-8-4-7-16(22)18(14)17/h2-3,5-6,11,24H,4,7-10,12H2,1H3/t20-/m1/s1. The Balaban J connectivity index is 1.61. The highest BCUT2D eigenvalue weighted by Crippen LogP contribution is 2.35. The maximum Gasteiger partial charge on any atom is 0.257 e. The second kappa shape index (κ2) is 5.85. The van der Waals surface area contributed by atoms with Crippen molar-refractivity contribution in [2.45, 2.75) is 38.2 Å². The van der Waals surface area contributed by atoms with Gasteiger partial charge in [0.15, 0.2) is 5.78 Å². The number of Topliss-reactive ketones (excluding diaryl/α,β-unsaturated/α-hetero) is 1. The van der Waals surface area contributed by atoms with Crippen molar-refractivity contribution in [3.05, 3.63) is 58.5 Å². The highest BCUT2D eigenvalue weighted by atomic mass is 16.3. The van der Waals surface area contributed by atoms with Gasteiger partial charge < -0.3 is 14.4 Å². The monoisotopic (exact) mass is 339 g/mol. The van der Waals surface area contributed by atoms with Gasteiger partial charge in [0.05, 0.1) is 17.7 Å². The molecule has 1 aromatic carbocycles. The first kappa shape index (κ1) is 16.1. The van der Waals surface area contributed by atoms with Crippen LogP contribution in [0, 0.1) is 6.92 Å². The summed E-state index contributed by atoms with van der Waals surface area (Å²) in [5.41, 5.74) is 1.61. The summed E-state index contributed by atoms with van der Waals surface area (Å²) in [7, 11) is 0. The number of furan rings is 1. The molecule has 5 heteroatoms. The van der Waals surface area contributed by atoms with Crippen LogP contribution in [0.1, 0.15) is 56.9 Å². The Bertz CT molecular complexity index is 853. The highest BCUT2D eigenvalue weighted by Gasteiger charge is 2.42. The zero-order valence-electron chi connectivity index (χ0n) is 14.2. The van der Waals surface area contributed by atoms with Crippen LogP contribution in [0.5, 0.6) is 0 Å². The van der Waals surface area contributed by atoms with E-state index in [1.165, 1.54) is 6.26 Å². The molecule has 1 N–H and O–H groups in total. The molecular formula is C20H21NO4. The number of hydrogen-bond donors (Lipinski definition) is 1. The predicted octanol–water partition coefficient (Wildman–Crippen LogP) is 2.84. The summed E-state index contributed by atoms with van der Waals surface area (Å²) in [6, 6.07) is 7.70. The third kappa shape index (κ3) is 2.59. The van der Waals surface area contributed by atoms with Crippen LogP contribution in [0.3, 0.4) is 0 Å². The van der Waals surface area contributed by atoms with Gasteiger partial charge in [-0.1, -0.05) is 24.3 Å². The number of aliphatic hydroxyl groups is 1. The second-order valence-corrected chi connectivity index (χ2v) is 7.05. The third-order valence-electron chi connectivity index (χ3n) is 5.37. The lowest BCUT2D eigenvalue weighted by Crippen LogP contribution is -2.35. The lowest BCUT2D eigenvalue weighted by Gasteiger charge is -2.25. The van der Waals surface area contributed by atoms with E-state index in [1.807, 2.05) is 31.2 Å². The molecule has 0 unspecified atom stereocenters. The van der Waals surface area contributed by atoms with E-state index in [0.29, 0.717) is 42.7 Å². The van der Waals surface area contributed by atoms with Crippen LogP contribution < -0.4 is 0 Å². The summed E-state index contributed by atoms with van der Waals surface area (Å²) < 4.78 is 5.46. The van der Waals surface area contributed by atoms with Crippen molar-refractivity contribution in [1.82, 2.24) is 4.90 Å². The van der Waals surface area contributed by atoms with Crippen molar-refractivity contribution in [2.24, 2.45) is 0 Å². The van der Waals surface area contributed by atoms with Gasteiger partial charge in [-0.3, -0.25) is 9.59 Å². The molecule has 1 amide bonds. The highest BCUT2D eigenvalue weighted by molar-refractivity contribution is 6.09. The summed E-state index contributed by atoms with van der Waals surface area (Å²) in [5, 5.41) is 11.1. The SMILES string of the molecule is Cc1ccccc1[C@@]1(O)CCN(C(=O)c2coc3c2C(=O)CCC3)C1. The molecule has 0 saturated carbocycles. The molecule has 2 aliphatic rings. The lowest BCUT2D eigenvalue weighted by molar-refractivity contribution is 0.0412. The van der Waals surface area contributed by atoms with Gasteiger partial charge in [0, 0.05) is 19.4 Å². The molecule has 1 aromatic heterocycles. The van der Waals surface area contributed by atoms with E-state index in [-0.39, 0.29) is 18.2 Å². The zero-order valence-corrected chi connectivity index (χ0v) is 14.2. The fraction of sp³-hybridized carbons (Fsp3) is 0.400. The van der Waals surface area contributed by atoms with Gasteiger partial charge in [-0.15, -0.1) is 0 Å². The summed E-state index contributed by atoms with van der Waals surface area (Å²) >= 11 is 0. The summed E-state index contributed by atoms with van der Waals surface area (Å²) in [5.74, 6) is 0.365. The number of carbonyl (C=O) groups is 2. The number of aryl methyl sites for hydroxylation is 2. The second-order valence-electron chi connectivity index (χ2n) is 7.05. The van der Waals surface area contributed by atoms with E-state index in [0.717, 1.165) is 17.5 Å². The van der Waals surface area contributed by atoms with E-state index < -0.39 is 5.60 Å². The van der Waals surface area contributed by atoms with Crippen molar-refractivity contribution >= 4 is 11.7 Å². The van der Waals surface area contributed by atoms with E-state index in [4.69, 9.17) is 4.42 Å². The average Bonchev–Trinajstić information content (AvgIpc) is 3.20. The van der Waals surface area contributed by atoms with Crippen LogP contribution in [0.25, 0.3) is 0 Å². The molecule has 25 heavy (non-hydrogen) atoms. The van der Waals surface area contributed by atoms with Gasteiger partial charge in [-0.2, -0.15) is 0 Å². The number of carbonyl (C=O) groups excluding carboxylic acids is 2. The molecule has 1 aliphatic heterocycles. The van der Waals surface area contributed by atoms with Gasteiger partial charge in [0.1, 0.15) is 17.6 Å². The topological polar surface area (TPSA) is 70.8 Å². The number of fused-ring (bicyclic) bond motifs is 1. The molecule has 5 nitrogen and oxygen atoms in total. The first-order chi connectivity index (χ1) is 12.0. The van der Waals surface area contributed by atoms with Crippen molar-refractivity contribution in [3.63, 3.8) is 0 Å². The fourth-order valence-corrected chi connectivity index (χ4v) is 4.03. The number of hydrogen-bond acceptors (Lipinski definition) is 4. The van der Waals surface area contributed by atoms with E-state index in [2.05, 4.69) is 0 Å². The molecule has 2 aromatic rings. The largest absolute Gasteiger partial charge is 0.468 e. The molecule has 1 saturated heterocycles. The Morgan fingerprint density at radius 3 is 2.88 bits per heavy atom. The Kier molecular flexibility index (Phi) is 3.76. The summed E-state index contributed by atoms with van der Waals surface area (Å²) in [6.45, 7) is 2.64. The molecule has 2 heterocycles. The van der Waals surface area contributed by atoms with Gasteiger partial charge >= 0.3 is 0 Å². The van der Waals surface area contributed by atoms with Crippen molar-refractivity contribution in [2.75, 3.05) is 13.1 Å². The first-order valence-corrected chi connectivity index (χ1v) is 8.71. The van der Waals surface area contributed by atoms with Crippen LogP contribution in [-0.4, -0.2) is 34.8 Å². The minimum absolute atomic E-state index is 0.0216. The van der Waals surface area contributed by atoms with Crippen molar-refractivity contribution in [3.8, 4) is 0 Å². The van der Waals surface area contributed by atoms with Gasteiger partial charge in [0.2, 0.25) is 0 Å². The van der Waals surface area contributed by atoms with E-state index >= 15 is 0 Å². The molecule has 0 bridgehead atoms. The van der Waals surface area contributed by atoms with Crippen LogP contribution in [0.2, 0.25) is 0 Å². The van der Waals surface area contributed by atoms with E-state index in [9.17, 15) is 14.7 Å². The van der Waals surface area contributed by atoms with Crippen LogP contribution in [0.4, 0.5) is 0 Å². The Hall–Kier alpha value is -2.40. The van der Waals surface area contributed by atoms with Crippen LogP contribution >= 0.6 is 0 Å². The van der Waals surface area contributed by atoms with Gasteiger partial charge in [0.25, 0.3) is 5.91 Å². The molecule has 4 rings (SSSR count). The summed E-state index contributed by atoms with van der Waals surface area (Å²) in [4.78, 5) is 26.8. The van der Waals surface area contributed by atoms with Gasteiger partial charge in [-0.25, -0.2) is 0 Å². The van der Waals surface area contributed by atoms with Gasteiger partial charge in [-0.05, 0) is 30.9 Å². The molecule has 1 fully saturated rings. The Morgan fingerprint density at radius 2 is 2.08 bits per heavy atom. The lowest BCUT2D eigenvalue weighted by atomic mass is 9.89. The predicted molar refractivity (Wildman–Crippen MR) is 91.6 cm³/mol. The summed E-state index contributed by atoms with van der Waals surface area (Å²) in [6.07, 6.45) is 3.81. The number of rotatable bonds is 2. The third-order valence-corrected chi connectivity index (χ3v) is 5.37. The quantitative estimate of drug-likeness (QED) is 0.913. The number of benzene rings is 1. The maximum atomic E-state index is 12.9. The fourth-order valence-electron chi connectivity index (χ4n) is 4.03. The maximum absolute atomic E-state index is 12.9. The minimum Gasteiger partial charge on any atom is -0.468 e. The number of amides is 1. The van der Waals surface area contributed by atoms with Crippen molar-refractivity contribution < 1.29 is 19.1 Å². The molecule has 130 valence electrons. The molecular weight excluding hydrogens is 318 g/mol. The zero-order chi connectivity index (χ0) is 17.6. The number of β-amino-alcohol motifs (C(OH)–C–C–N with tert-alkyl or cyclic N) is 1. The minimum atomic E-state index is -1.05. The number of nitrogens with zero attached hydrogens (tertiary/aromatic N) is 1.